The van der Waals surface area contributed by atoms with E-state index in [0.717, 1.165) is 22.0 Å². The lowest BCUT2D eigenvalue weighted by Gasteiger charge is -2.18. The first-order chi connectivity index (χ1) is 12.6. The zero-order valence-corrected chi connectivity index (χ0v) is 14.8. The lowest BCUT2D eigenvalue weighted by atomic mass is 10.1. The van der Waals surface area contributed by atoms with E-state index in [0.29, 0.717) is 13.0 Å². The zero-order chi connectivity index (χ0) is 18.4. The number of fused-ring (bicyclic) bond motifs is 1. The van der Waals surface area contributed by atoms with E-state index in [1.807, 2.05) is 72.8 Å². The van der Waals surface area contributed by atoms with Gasteiger partial charge >= 0.3 is 0 Å². The number of rotatable bonds is 6. The summed E-state index contributed by atoms with van der Waals surface area (Å²) < 4.78 is 0. The van der Waals surface area contributed by atoms with Gasteiger partial charge in [0.15, 0.2) is 0 Å². The van der Waals surface area contributed by atoms with Crippen LogP contribution in [0.25, 0.3) is 10.8 Å². The van der Waals surface area contributed by atoms with E-state index in [9.17, 15) is 9.59 Å². The van der Waals surface area contributed by atoms with Gasteiger partial charge in [-0.1, -0.05) is 60.7 Å². The monoisotopic (exact) mass is 346 g/mol. The third kappa shape index (κ3) is 4.48. The number of carbonyl (C=O) groups is 2. The highest BCUT2D eigenvalue weighted by atomic mass is 16.2. The highest BCUT2D eigenvalue weighted by Crippen LogP contribution is 2.21. The van der Waals surface area contributed by atoms with Crippen LogP contribution in [0.15, 0.2) is 72.8 Å². The third-order valence-electron chi connectivity index (χ3n) is 4.36. The zero-order valence-electron chi connectivity index (χ0n) is 14.8. The van der Waals surface area contributed by atoms with Gasteiger partial charge in [0.05, 0.1) is 6.42 Å². The molecular formula is C22H22N2O2. The van der Waals surface area contributed by atoms with Gasteiger partial charge in [0, 0.05) is 25.7 Å². The second kappa shape index (κ2) is 8.30. The summed E-state index contributed by atoms with van der Waals surface area (Å²) in [5, 5.41) is 5.05. The molecule has 4 heteroatoms. The Labute approximate surface area is 153 Å². The molecule has 0 atom stereocenters. The molecular weight excluding hydrogens is 324 g/mol. The summed E-state index contributed by atoms with van der Waals surface area (Å²) in [5.74, 6) is -0.0994. The standard InChI is InChI=1S/C22H22N2O2/c1-24(20-12-11-18-9-5-6-10-19(18)16-20)22(26)13-14-23-21(25)15-17-7-3-2-4-8-17/h2-12,16H,13-15H2,1H3,(H,23,25). The molecule has 3 aromatic carbocycles. The molecule has 3 aromatic rings. The molecule has 0 heterocycles. The number of hydrogen-bond donors (Lipinski definition) is 1. The highest BCUT2D eigenvalue weighted by Gasteiger charge is 2.12. The van der Waals surface area contributed by atoms with Gasteiger partial charge in [-0.15, -0.1) is 0 Å². The first kappa shape index (κ1) is 17.7. The van der Waals surface area contributed by atoms with Gasteiger partial charge in [-0.05, 0) is 28.5 Å². The molecule has 3 rings (SSSR count). The van der Waals surface area contributed by atoms with Gasteiger partial charge in [0.25, 0.3) is 0 Å². The minimum absolute atomic E-state index is 0.0275. The average Bonchev–Trinajstić information content (AvgIpc) is 2.67. The Hall–Kier alpha value is -3.14. The largest absolute Gasteiger partial charge is 0.355 e. The Kier molecular flexibility index (Phi) is 5.64. The third-order valence-corrected chi connectivity index (χ3v) is 4.36. The molecule has 0 bridgehead atoms. The Balaban J connectivity index is 1.51. The number of benzene rings is 3. The number of hydrogen-bond acceptors (Lipinski definition) is 2. The van der Waals surface area contributed by atoms with Crippen LogP contribution in [0.1, 0.15) is 12.0 Å². The van der Waals surface area contributed by atoms with Crippen molar-refractivity contribution in [1.82, 2.24) is 5.32 Å². The Morgan fingerprint density at radius 1 is 0.885 bits per heavy atom. The summed E-state index contributed by atoms with van der Waals surface area (Å²) in [6, 6.07) is 23.6. The van der Waals surface area contributed by atoms with Gasteiger partial charge < -0.3 is 10.2 Å². The van der Waals surface area contributed by atoms with Crippen LogP contribution >= 0.6 is 0 Å². The van der Waals surface area contributed by atoms with Crippen LogP contribution in [0.3, 0.4) is 0 Å². The molecule has 0 saturated carbocycles. The molecule has 132 valence electrons. The molecule has 0 aliphatic heterocycles. The molecule has 0 aliphatic rings. The van der Waals surface area contributed by atoms with Crippen LogP contribution in [-0.2, 0) is 16.0 Å². The normalized spacial score (nSPS) is 10.5. The fraction of sp³-hybridized carbons (Fsp3) is 0.182. The fourth-order valence-corrected chi connectivity index (χ4v) is 2.85. The Morgan fingerprint density at radius 3 is 2.35 bits per heavy atom. The second-order valence-corrected chi connectivity index (χ2v) is 6.25. The molecule has 26 heavy (non-hydrogen) atoms. The number of nitrogens with zero attached hydrogens (tertiary/aromatic N) is 1. The summed E-state index contributed by atoms with van der Waals surface area (Å²) in [6.45, 7) is 0.336. The van der Waals surface area contributed by atoms with Crippen molar-refractivity contribution in [1.29, 1.82) is 0 Å². The summed E-state index contributed by atoms with van der Waals surface area (Å²) >= 11 is 0. The van der Waals surface area contributed by atoms with Crippen molar-refractivity contribution in [2.75, 3.05) is 18.5 Å². The van der Waals surface area contributed by atoms with E-state index in [1.54, 1.807) is 11.9 Å². The molecule has 0 spiro atoms. The van der Waals surface area contributed by atoms with Crippen LogP contribution in [0.2, 0.25) is 0 Å². The summed E-state index contributed by atoms with van der Waals surface area (Å²) in [7, 11) is 1.76. The predicted molar refractivity (Wildman–Crippen MR) is 105 cm³/mol. The van der Waals surface area contributed by atoms with Crippen LogP contribution in [0.5, 0.6) is 0 Å². The van der Waals surface area contributed by atoms with E-state index in [2.05, 4.69) is 5.32 Å². The molecule has 0 saturated heterocycles. The number of nitrogens with one attached hydrogen (secondary N) is 1. The van der Waals surface area contributed by atoms with Crippen LogP contribution in [0.4, 0.5) is 5.69 Å². The van der Waals surface area contributed by atoms with Crippen molar-refractivity contribution in [3.8, 4) is 0 Å². The van der Waals surface area contributed by atoms with E-state index < -0.39 is 0 Å². The summed E-state index contributed by atoms with van der Waals surface area (Å²) in [5.41, 5.74) is 1.81. The lowest BCUT2D eigenvalue weighted by Crippen LogP contribution is -2.32. The Bertz CT molecular complexity index is 906. The maximum absolute atomic E-state index is 12.4. The fourth-order valence-electron chi connectivity index (χ4n) is 2.85. The molecule has 0 fully saturated rings. The van der Waals surface area contributed by atoms with E-state index in [1.165, 1.54) is 0 Å². The van der Waals surface area contributed by atoms with Crippen molar-refractivity contribution in [3.05, 3.63) is 78.4 Å². The summed E-state index contributed by atoms with van der Waals surface area (Å²) in [6.07, 6.45) is 0.597. The lowest BCUT2D eigenvalue weighted by molar-refractivity contribution is -0.121. The molecule has 0 aliphatic carbocycles. The van der Waals surface area contributed by atoms with Crippen molar-refractivity contribution < 1.29 is 9.59 Å². The number of anilines is 1. The van der Waals surface area contributed by atoms with Gasteiger partial charge in [-0.2, -0.15) is 0 Å². The van der Waals surface area contributed by atoms with Crippen LogP contribution < -0.4 is 10.2 Å². The number of amides is 2. The SMILES string of the molecule is CN(C(=O)CCNC(=O)Cc1ccccc1)c1ccc2ccccc2c1. The molecule has 2 amide bonds. The van der Waals surface area contributed by atoms with E-state index in [-0.39, 0.29) is 18.2 Å². The van der Waals surface area contributed by atoms with Crippen molar-refractivity contribution in [2.24, 2.45) is 0 Å². The molecule has 1 N–H and O–H groups in total. The Morgan fingerprint density at radius 2 is 1.58 bits per heavy atom. The van der Waals surface area contributed by atoms with Crippen LogP contribution in [-0.4, -0.2) is 25.4 Å². The predicted octanol–water partition coefficient (Wildman–Crippen LogP) is 3.55. The quantitative estimate of drug-likeness (QED) is 0.742. The average molecular weight is 346 g/mol. The van der Waals surface area contributed by atoms with Crippen molar-refractivity contribution in [2.45, 2.75) is 12.8 Å². The van der Waals surface area contributed by atoms with E-state index >= 15 is 0 Å². The van der Waals surface area contributed by atoms with Gasteiger partial charge in [-0.3, -0.25) is 9.59 Å². The van der Waals surface area contributed by atoms with E-state index in [4.69, 9.17) is 0 Å². The van der Waals surface area contributed by atoms with Gasteiger partial charge in [0.1, 0.15) is 0 Å². The maximum Gasteiger partial charge on any atom is 0.228 e. The second-order valence-electron chi connectivity index (χ2n) is 6.25. The van der Waals surface area contributed by atoms with Crippen molar-refractivity contribution >= 4 is 28.3 Å². The molecule has 0 radical (unpaired) electrons. The molecule has 0 aromatic heterocycles. The highest BCUT2D eigenvalue weighted by molar-refractivity contribution is 5.96. The first-order valence-corrected chi connectivity index (χ1v) is 8.69. The molecule has 4 nitrogen and oxygen atoms in total. The minimum atomic E-state index is -0.0719. The molecule has 0 unspecified atom stereocenters. The van der Waals surface area contributed by atoms with Gasteiger partial charge in [0.2, 0.25) is 11.8 Å². The topological polar surface area (TPSA) is 49.4 Å². The smallest absolute Gasteiger partial charge is 0.228 e. The minimum Gasteiger partial charge on any atom is -0.355 e. The first-order valence-electron chi connectivity index (χ1n) is 8.69. The maximum atomic E-state index is 12.4. The number of carbonyl (C=O) groups excluding carboxylic acids is 2. The van der Waals surface area contributed by atoms with Gasteiger partial charge in [-0.25, -0.2) is 0 Å². The van der Waals surface area contributed by atoms with Crippen molar-refractivity contribution in [3.63, 3.8) is 0 Å². The van der Waals surface area contributed by atoms with Crippen LogP contribution in [0, 0.1) is 0 Å². The summed E-state index contributed by atoms with van der Waals surface area (Å²) in [4.78, 5) is 26.0.